The van der Waals surface area contributed by atoms with E-state index in [1.54, 1.807) is 0 Å². The first-order chi connectivity index (χ1) is 11.0. The Bertz CT molecular complexity index is 347. The number of hydrogen-bond donors (Lipinski definition) is 0. The summed E-state index contributed by atoms with van der Waals surface area (Å²) < 4.78 is 0. The number of benzene rings is 1. The Balaban J connectivity index is 1.80. The van der Waals surface area contributed by atoms with Crippen molar-refractivity contribution in [2.45, 2.75) is 76.5 Å². The minimum absolute atomic E-state index is 0.609. The maximum Gasteiger partial charge on any atom is 0.0828 e. The Labute approximate surface area is 136 Å². The number of hydrogen-bond acceptors (Lipinski definition) is 2. The first-order valence-corrected chi connectivity index (χ1v) is 9.26. The fourth-order valence-electron chi connectivity index (χ4n) is 3.30. The van der Waals surface area contributed by atoms with Crippen LogP contribution in [0.5, 0.6) is 0 Å². The van der Waals surface area contributed by atoms with E-state index in [2.05, 4.69) is 30.3 Å². The highest BCUT2D eigenvalue weighted by Gasteiger charge is 2.11. The molecule has 1 atom stereocenters. The van der Waals surface area contributed by atoms with Crippen LogP contribution in [0.4, 0.5) is 0 Å². The van der Waals surface area contributed by atoms with E-state index < -0.39 is 0 Å². The van der Waals surface area contributed by atoms with Crippen LogP contribution in [-0.4, -0.2) is 13.2 Å². The zero-order valence-corrected chi connectivity index (χ0v) is 14.0. The molecule has 0 amide bonds. The van der Waals surface area contributed by atoms with Gasteiger partial charge in [-0.15, -0.1) is 0 Å². The van der Waals surface area contributed by atoms with Gasteiger partial charge in [-0.2, -0.15) is 0 Å². The van der Waals surface area contributed by atoms with Gasteiger partial charge in [0.05, 0.1) is 13.2 Å². The molecule has 1 aromatic carbocycles. The second kappa shape index (κ2) is 11.7. The lowest BCUT2D eigenvalue weighted by Gasteiger charge is -2.17. The van der Waals surface area contributed by atoms with Crippen LogP contribution in [-0.2, 0) is 9.78 Å². The molecule has 0 aliphatic carbocycles. The molecule has 0 aromatic heterocycles. The van der Waals surface area contributed by atoms with Gasteiger partial charge in [0.2, 0.25) is 0 Å². The Morgan fingerprint density at radius 1 is 0.591 bits per heavy atom. The summed E-state index contributed by atoms with van der Waals surface area (Å²) in [5.41, 5.74) is 1.45. The summed E-state index contributed by atoms with van der Waals surface area (Å²) in [5, 5.41) is 0. The average molecular weight is 304 g/mol. The molecule has 1 aromatic rings. The fourth-order valence-corrected chi connectivity index (χ4v) is 3.30. The smallest absolute Gasteiger partial charge is 0.0828 e. The molecule has 1 saturated heterocycles. The SMILES string of the molecule is c1ccc(C2CCCCCCCCCCCOOCC2)cc1. The van der Waals surface area contributed by atoms with E-state index in [-0.39, 0.29) is 0 Å². The highest BCUT2D eigenvalue weighted by molar-refractivity contribution is 5.19. The van der Waals surface area contributed by atoms with Crippen LogP contribution >= 0.6 is 0 Å². The van der Waals surface area contributed by atoms with Crippen molar-refractivity contribution in [2.75, 3.05) is 13.2 Å². The average Bonchev–Trinajstić information content (AvgIpc) is 2.56. The van der Waals surface area contributed by atoms with Gasteiger partial charge in [-0.25, -0.2) is 9.78 Å². The van der Waals surface area contributed by atoms with Gasteiger partial charge >= 0.3 is 0 Å². The molecular weight excluding hydrogens is 272 g/mol. The van der Waals surface area contributed by atoms with Gasteiger partial charge in [0, 0.05) is 0 Å². The predicted molar refractivity (Wildman–Crippen MR) is 91.9 cm³/mol. The van der Waals surface area contributed by atoms with Crippen molar-refractivity contribution in [3.8, 4) is 0 Å². The van der Waals surface area contributed by atoms with Crippen molar-refractivity contribution in [3.05, 3.63) is 35.9 Å². The second-order valence-corrected chi connectivity index (χ2v) is 6.51. The Morgan fingerprint density at radius 2 is 1.18 bits per heavy atom. The van der Waals surface area contributed by atoms with Gasteiger partial charge < -0.3 is 0 Å². The van der Waals surface area contributed by atoms with E-state index in [0.29, 0.717) is 12.5 Å². The third kappa shape index (κ3) is 7.42. The molecule has 2 rings (SSSR count). The molecular formula is C20H32O2. The van der Waals surface area contributed by atoms with Crippen LogP contribution in [0.2, 0.25) is 0 Å². The topological polar surface area (TPSA) is 18.5 Å². The van der Waals surface area contributed by atoms with Crippen molar-refractivity contribution in [3.63, 3.8) is 0 Å². The van der Waals surface area contributed by atoms with Crippen LogP contribution in [0.25, 0.3) is 0 Å². The van der Waals surface area contributed by atoms with Crippen molar-refractivity contribution in [2.24, 2.45) is 0 Å². The highest BCUT2D eigenvalue weighted by atomic mass is 17.2. The van der Waals surface area contributed by atoms with E-state index >= 15 is 0 Å². The van der Waals surface area contributed by atoms with Crippen LogP contribution < -0.4 is 0 Å². The minimum Gasteiger partial charge on any atom is -0.237 e. The third-order valence-corrected chi connectivity index (χ3v) is 4.68. The summed E-state index contributed by atoms with van der Waals surface area (Å²) in [6.45, 7) is 1.45. The Hall–Kier alpha value is -0.860. The molecule has 2 heteroatoms. The summed E-state index contributed by atoms with van der Waals surface area (Å²) in [5.74, 6) is 0.609. The molecule has 2 nitrogen and oxygen atoms in total. The molecule has 1 fully saturated rings. The molecule has 1 heterocycles. The molecule has 0 saturated carbocycles. The van der Waals surface area contributed by atoms with Gasteiger partial charge in [-0.3, -0.25) is 0 Å². The first kappa shape index (κ1) is 17.5. The molecule has 1 aliphatic rings. The van der Waals surface area contributed by atoms with E-state index in [1.165, 1.54) is 63.4 Å². The molecule has 124 valence electrons. The van der Waals surface area contributed by atoms with E-state index in [0.717, 1.165) is 19.4 Å². The first-order valence-electron chi connectivity index (χ1n) is 9.26. The van der Waals surface area contributed by atoms with Gasteiger partial charge in [0.15, 0.2) is 0 Å². The van der Waals surface area contributed by atoms with Gasteiger partial charge in [-0.05, 0) is 30.7 Å². The maximum atomic E-state index is 5.39. The molecule has 0 radical (unpaired) electrons. The van der Waals surface area contributed by atoms with Crippen LogP contribution in [0.1, 0.15) is 82.1 Å². The molecule has 0 N–H and O–H groups in total. The van der Waals surface area contributed by atoms with Crippen molar-refractivity contribution in [1.29, 1.82) is 0 Å². The maximum absolute atomic E-state index is 5.39. The van der Waals surface area contributed by atoms with E-state index in [1.807, 2.05) is 0 Å². The minimum atomic E-state index is 0.609. The Kier molecular flexibility index (Phi) is 9.28. The Morgan fingerprint density at radius 3 is 1.91 bits per heavy atom. The number of rotatable bonds is 1. The van der Waals surface area contributed by atoms with Crippen LogP contribution in [0, 0.1) is 0 Å². The van der Waals surface area contributed by atoms with E-state index in [9.17, 15) is 0 Å². The normalized spacial score (nSPS) is 23.9. The quantitative estimate of drug-likeness (QED) is 0.590. The zero-order chi connectivity index (χ0) is 15.3. The van der Waals surface area contributed by atoms with Gasteiger partial charge in [-0.1, -0.05) is 81.7 Å². The monoisotopic (exact) mass is 304 g/mol. The summed E-state index contributed by atoms with van der Waals surface area (Å²) in [6, 6.07) is 10.9. The summed E-state index contributed by atoms with van der Waals surface area (Å²) >= 11 is 0. The van der Waals surface area contributed by atoms with Crippen LogP contribution in [0.15, 0.2) is 30.3 Å². The second-order valence-electron chi connectivity index (χ2n) is 6.51. The molecule has 0 spiro atoms. The lowest BCUT2D eigenvalue weighted by molar-refractivity contribution is -0.295. The molecule has 1 aliphatic heterocycles. The van der Waals surface area contributed by atoms with Crippen LogP contribution in [0.3, 0.4) is 0 Å². The summed E-state index contributed by atoms with van der Waals surface area (Å²) in [7, 11) is 0. The lowest BCUT2D eigenvalue weighted by atomic mass is 9.90. The highest BCUT2D eigenvalue weighted by Crippen LogP contribution is 2.26. The van der Waals surface area contributed by atoms with E-state index in [4.69, 9.17) is 9.78 Å². The fraction of sp³-hybridized carbons (Fsp3) is 0.700. The van der Waals surface area contributed by atoms with Crippen molar-refractivity contribution in [1.82, 2.24) is 0 Å². The standard InChI is InChI=1S/C20H32O2/c1-2-4-6-9-15-20(19-13-10-8-11-14-19)16-18-22-21-17-12-7-5-3-1/h8,10-11,13-14,20H,1-7,9,12,15-18H2. The zero-order valence-electron chi connectivity index (χ0n) is 14.0. The van der Waals surface area contributed by atoms with Crippen molar-refractivity contribution < 1.29 is 9.78 Å². The predicted octanol–water partition coefficient (Wildman–Crippen LogP) is 6.02. The molecule has 0 bridgehead atoms. The summed E-state index contributed by atoms with van der Waals surface area (Å²) in [4.78, 5) is 10.7. The van der Waals surface area contributed by atoms with Crippen molar-refractivity contribution >= 4 is 0 Å². The van der Waals surface area contributed by atoms with Gasteiger partial charge in [0.25, 0.3) is 0 Å². The summed E-state index contributed by atoms with van der Waals surface area (Å²) in [6.07, 6.45) is 14.4. The van der Waals surface area contributed by atoms with Gasteiger partial charge in [0.1, 0.15) is 0 Å². The molecule has 22 heavy (non-hydrogen) atoms. The molecule has 1 unspecified atom stereocenters. The lowest BCUT2D eigenvalue weighted by Crippen LogP contribution is -2.06. The largest absolute Gasteiger partial charge is 0.237 e. The third-order valence-electron chi connectivity index (χ3n) is 4.68.